The molecule has 1 amide bonds. The number of hydrogen-bond donors (Lipinski definition) is 2. The topological polar surface area (TPSA) is 55.1 Å². The Morgan fingerprint density at radius 1 is 1.25 bits per heavy atom. The van der Waals surface area contributed by atoms with Gasteiger partial charge in [0.15, 0.2) is 0 Å². The summed E-state index contributed by atoms with van der Waals surface area (Å²) >= 11 is 9.08. The van der Waals surface area contributed by atoms with Gasteiger partial charge in [-0.2, -0.15) is 0 Å². The number of carbonyl (C=O) groups excluding carboxylic acids is 1. The molecule has 2 aromatic rings. The van der Waals surface area contributed by atoms with Crippen LogP contribution in [0.2, 0.25) is 5.02 Å². The van der Waals surface area contributed by atoms with Crippen molar-refractivity contribution >= 4 is 44.8 Å². The molecule has 0 radical (unpaired) electrons. The minimum Gasteiger partial charge on any atom is -0.396 e. The molecule has 0 aliphatic heterocycles. The summed E-state index contributed by atoms with van der Waals surface area (Å²) < 4.78 is 27.1. The summed E-state index contributed by atoms with van der Waals surface area (Å²) in [5, 5.41) is 2.86. The lowest BCUT2D eigenvalue weighted by Gasteiger charge is -2.09. The van der Waals surface area contributed by atoms with E-state index >= 15 is 0 Å². The number of anilines is 2. The van der Waals surface area contributed by atoms with Gasteiger partial charge in [-0.25, -0.2) is 8.78 Å². The second kappa shape index (κ2) is 5.76. The van der Waals surface area contributed by atoms with Gasteiger partial charge in [0.2, 0.25) is 0 Å². The van der Waals surface area contributed by atoms with E-state index in [2.05, 4.69) is 21.2 Å². The van der Waals surface area contributed by atoms with Crippen molar-refractivity contribution < 1.29 is 13.6 Å². The first-order chi connectivity index (χ1) is 9.40. The zero-order valence-corrected chi connectivity index (χ0v) is 12.2. The molecule has 0 atom stereocenters. The smallest absolute Gasteiger partial charge is 0.258 e. The summed E-state index contributed by atoms with van der Waals surface area (Å²) in [5.41, 5.74) is 5.03. The third-order valence-corrected chi connectivity index (χ3v) is 3.93. The SMILES string of the molecule is Nc1cc(C(=O)Nc2cccc(Cl)c2Br)c(F)cc1F. The summed E-state index contributed by atoms with van der Waals surface area (Å²) in [6.45, 7) is 0. The summed E-state index contributed by atoms with van der Waals surface area (Å²) in [5.74, 6) is -2.66. The van der Waals surface area contributed by atoms with Crippen molar-refractivity contribution in [2.24, 2.45) is 0 Å². The standard InChI is InChI=1S/C13H8BrClF2N2O/c14-12-7(15)2-1-3-11(12)19-13(20)6-4-10(18)9(17)5-8(6)16/h1-5H,18H2,(H,19,20). The van der Waals surface area contributed by atoms with Crippen LogP contribution in [0.3, 0.4) is 0 Å². The van der Waals surface area contributed by atoms with Crippen molar-refractivity contribution in [1.29, 1.82) is 0 Å². The van der Waals surface area contributed by atoms with Crippen molar-refractivity contribution in [2.45, 2.75) is 0 Å². The summed E-state index contributed by atoms with van der Waals surface area (Å²) in [6.07, 6.45) is 0. The highest BCUT2D eigenvalue weighted by Gasteiger charge is 2.16. The Hall–Kier alpha value is -1.66. The van der Waals surface area contributed by atoms with Gasteiger partial charge in [0, 0.05) is 6.07 Å². The first-order valence-corrected chi connectivity index (χ1v) is 6.57. The van der Waals surface area contributed by atoms with Crippen molar-refractivity contribution in [3.63, 3.8) is 0 Å². The molecule has 0 spiro atoms. The first kappa shape index (κ1) is 14.7. The molecule has 3 N–H and O–H groups in total. The lowest BCUT2D eigenvalue weighted by Crippen LogP contribution is -2.15. The lowest BCUT2D eigenvalue weighted by atomic mass is 10.1. The van der Waals surface area contributed by atoms with Gasteiger partial charge in [-0.15, -0.1) is 0 Å². The van der Waals surface area contributed by atoms with Crippen LogP contribution in [0.25, 0.3) is 0 Å². The molecule has 0 aliphatic carbocycles. The third kappa shape index (κ3) is 2.91. The zero-order valence-electron chi connectivity index (χ0n) is 9.88. The molecule has 104 valence electrons. The maximum atomic E-state index is 13.6. The number of benzene rings is 2. The Kier molecular flexibility index (Phi) is 4.25. The zero-order chi connectivity index (χ0) is 14.9. The Balaban J connectivity index is 2.33. The van der Waals surface area contributed by atoms with E-state index in [1.54, 1.807) is 18.2 Å². The van der Waals surface area contributed by atoms with E-state index in [9.17, 15) is 13.6 Å². The van der Waals surface area contributed by atoms with E-state index in [-0.39, 0.29) is 11.3 Å². The molecule has 0 saturated heterocycles. The lowest BCUT2D eigenvalue weighted by molar-refractivity contribution is 0.102. The minimum atomic E-state index is -0.993. The molecule has 0 unspecified atom stereocenters. The van der Waals surface area contributed by atoms with Crippen LogP contribution in [0.4, 0.5) is 20.2 Å². The molecule has 7 heteroatoms. The van der Waals surface area contributed by atoms with Crippen LogP contribution in [0, 0.1) is 11.6 Å². The van der Waals surface area contributed by atoms with Gasteiger partial charge in [-0.05, 0) is 34.1 Å². The monoisotopic (exact) mass is 360 g/mol. The summed E-state index contributed by atoms with van der Waals surface area (Å²) in [4.78, 5) is 12.0. The van der Waals surface area contributed by atoms with Crippen molar-refractivity contribution in [1.82, 2.24) is 0 Å². The second-order valence-electron chi connectivity index (χ2n) is 3.91. The Morgan fingerprint density at radius 2 is 1.95 bits per heavy atom. The molecule has 0 fully saturated rings. The van der Waals surface area contributed by atoms with E-state index in [1.807, 2.05) is 0 Å². The number of nitrogens with two attached hydrogens (primary N) is 1. The number of nitrogens with one attached hydrogen (secondary N) is 1. The van der Waals surface area contributed by atoms with Gasteiger partial charge in [-0.1, -0.05) is 17.7 Å². The summed E-state index contributed by atoms with van der Waals surface area (Å²) in [7, 11) is 0. The highest BCUT2D eigenvalue weighted by molar-refractivity contribution is 9.10. The fourth-order valence-corrected chi connectivity index (χ4v) is 2.07. The number of hydrogen-bond acceptors (Lipinski definition) is 2. The van der Waals surface area contributed by atoms with Crippen LogP contribution in [0.5, 0.6) is 0 Å². The van der Waals surface area contributed by atoms with E-state index < -0.39 is 17.5 Å². The normalized spacial score (nSPS) is 10.4. The van der Waals surface area contributed by atoms with Crippen LogP contribution >= 0.6 is 27.5 Å². The summed E-state index contributed by atoms with van der Waals surface area (Å²) in [6, 6.07) is 6.34. The maximum absolute atomic E-state index is 13.6. The van der Waals surface area contributed by atoms with Crippen LogP contribution in [-0.2, 0) is 0 Å². The molecular formula is C13H8BrClF2N2O. The quantitative estimate of drug-likeness (QED) is 0.787. The molecule has 2 rings (SSSR count). The Labute approximate surface area is 126 Å². The largest absolute Gasteiger partial charge is 0.396 e. The number of halogens is 4. The maximum Gasteiger partial charge on any atom is 0.258 e. The molecular weight excluding hydrogens is 354 g/mol. The fraction of sp³-hybridized carbons (Fsp3) is 0. The number of carbonyl (C=O) groups is 1. The number of amides is 1. The van der Waals surface area contributed by atoms with E-state index in [4.69, 9.17) is 17.3 Å². The predicted molar refractivity (Wildman–Crippen MR) is 77.9 cm³/mol. The van der Waals surface area contributed by atoms with Crippen molar-refractivity contribution in [3.8, 4) is 0 Å². The average Bonchev–Trinajstić information content (AvgIpc) is 2.39. The average molecular weight is 362 g/mol. The number of nitrogen functional groups attached to an aromatic ring is 1. The molecule has 3 nitrogen and oxygen atoms in total. The second-order valence-corrected chi connectivity index (χ2v) is 5.11. The molecule has 0 heterocycles. The first-order valence-electron chi connectivity index (χ1n) is 5.40. The molecule has 0 aromatic heterocycles. The highest BCUT2D eigenvalue weighted by Crippen LogP contribution is 2.30. The van der Waals surface area contributed by atoms with E-state index in [0.29, 0.717) is 21.2 Å². The van der Waals surface area contributed by atoms with Gasteiger partial charge < -0.3 is 11.1 Å². The minimum absolute atomic E-state index is 0.304. The molecule has 2 aromatic carbocycles. The third-order valence-electron chi connectivity index (χ3n) is 2.53. The fourth-order valence-electron chi connectivity index (χ4n) is 1.53. The van der Waals surface area contributed by atoms with Crippen LogP contribution in [-0.4, -0.2) is 5.91 Å². The van der Waals surface area contributed by atoms with Crippen LogP contribution in [0.1, 0.15) is 10.4 Å². The van der Waals surface area contributed by atoms with Crippen molar-refractivity contribution in [2.75, 3.05) is 11.1 Å². The molecule has 0 aliphatic rings. The number of rotatable bonds is 2. The van der Waals surface area contributed by atoms with Gasteiger partial charge in [0.05, 0.1) is 26.4 Å². The Bertz CT molecular complexity index is 694. The van der Waals surface area contributed by atoms with Gasteiger partial charge in [-0.3, -0.25) is 4.79 Å². The predicted octanol–water partition coefficient (Wildman–Crippen LogP) is 4.22. The van der Waals surface area contributed by atoms with Crippen LogP contribution < -0.4 is 11.1 Å². The van der Waals surface area contributed by atoms with Gasteiger partial charge in [0.25, 0.3) is 5.91 Å². The van der Waals surface area contributed by atoms with Crippen LogP contribution in [0.15, 0.2) is 34.8 Å². The molecule has 0 saturated carbocycles. The molecule has 20 heavy (non-hydrogen) atoms. The Morgan fingerprint density at radius 3 is 2.65 bits per heavy atom. The highest BCUT2D eigenvalue weighted by atomic mass is 79.9. The van der Waals surface area contributed by atoms with E-state index in [1.165, 1.54) is 0 Å². The molecule has 0 bridgehead atoms. The van der Waals surface area contributed by atoms with E-state index in [0.717, 1.165) is 6.07 Å². The van der Waals surface area contributed by atoms with Crippen molar-refractivity contribution in [3.05, 3.63) is 57.0 Å². The van der Waals surface area contributed by atoms with Gasteiger partial charge in [0.1, 0.15) is 11.6 Å². The van der Waals surface area contributed by atoms with Gasteiger partial charge >= 0.3 is 0 Å².